The molecule has 0 aliphatic rings. The monoisotopic (exact) mass is 1050 g/mol. The second kappa shape index (κ2) is 23.6. The molecular weight excluding hydrogens is 988 g/mol. The molecule has 0 unspecified atom stereocenters. The SMILES string of the molecule is C#Cc1ccccc1.CC(C)(C)OC(=O)Nc1ncc(-c2ccc(C#Cc3ccccc3)cc2)n1C(=O)OC(C)(C)C.CC(C)(C)OC(=O)Nc1ncc(-c2ccc(I)cc2)n1C(=O)OC(C)(C)C. The molecule has 0 aliphatic heterocycles. The Kier molecular flexibility index (Phi) is 18.5. The van der Waals surface area contributed by atoms with Crippen LogP contribution in [0.2, 0.25) is 0 Å². The lowest BCUT2D eigenvalue weighted by molar-refractivity contribution is 0.0526. The van der Waals surface area contributed by atoms with Crippen LogP contribution in [-0.4, -0.2) is 65.9 Å². The van der Waals surface area contributed by atoms with E-state index in [0.29, 0.717) is 17.0 Å². The average molecular weight is 1050 g/mol. The van der Waals surface area contributed by atoms with Gasteiger partial charge in [0.05, 0.1) is 23.8 Å². The van der Waals surface area contributed by atoms with E-state index in [1.165, 1.54) is 21.5 Å². The van der Waals surface area contributed by atoms with Crippen LogP contribution in [0.25, 0.3) is 22.5 Å². The number of nitrogens with zero attached hydrogens (tertiary/aromatic N) is 4. The number of aromatic nitrogens is 4. The van der Waals surface area contributed by atoms with Gasteiger partial charge in [-0.15, -0.1) is 6.42 Å². The Morgan fingerprint density at radius 1 is 0.493 bits per heavy atom. The van der Waals surface area contributed by atoms with E-state index in [1.807, 2.05) is 109 Å². The molecule has 0 spiro atoms. The molecule has 69 heavy (non-hydrogen) atoms. The summed E-state index contributed by atoms with van der Waals surface area (Å²) >= 11 is 2.20. The zero-order chi connectivity index (χ0) is 51.2. The van der Waals surface area contributed by atoms with Gasteiger partial charge in [-0.3, -0.25) is 10.6 Å². The summed E-state index contributed by atoms with van der Waals surface area (Å²) in [5.74, 6) is 8.81. The van der Waals surface area contributed by atoms with E-state index in [0.717, 1.165) is 25.8 Å². The van der Waals surface area contributed by atoms with E-state index >= 15 is 0 Å². The maximum Gasteiger partial charge on any atom is 0.421 e. The lowest BCUT2D eigenvalue weighted by Gasteiger charge is -2.22. The minimum atomic E-state index is -0.737. The number of benzene rings is 4. The second-order valence-corrected chi connectivity index (χ2v) is 20.3. The van der Waals surface area contributed by atoms with Crippen molar-refractivity contribution >= 4 is 58.9 Å². The number of halogens is 1. The molecule has 0 bridgehead atoms. The smallest absolute Gasteiger partial charge is 0.421 e. The number of amides is 2. The summed E-state index contributed by atoms with van der Waals surface area (Å²) in [6, 6.07) is 34.3. The molecule has 0 saturated carbocycles. The molecule has 0 saturated heterocycles. The molecule has 0 aliphatic carbocycles. The Balaban J connectivity index is 0.000000263. The number of hydrogen-bond donors (Lipinski definition) is 2. The third kappa shape index (κ3) is 18.7. The van der Waals surface area contributed by atoms with Crippen molar-refractivity contribution in [2.45, 2.75) is 105 Å². The first-order valence-electron chi connectivity index (χ1n) is 21.8. The van der Waals surface area contributed by atoms with Crippen LogP contribution < -0.4 is 10.6 Å². The molecule has 15 heteroatoms. The summed E-state index contributed by atoms with van der Waals surface area (Å²) in [5.41, 5.74) is 2.32. The van der Waals surface area contributed by atoms with Gasteiger partial charge in [-0.1, -0.05) is 78.4 Å². The van der Waals surface area contributed by atoms with Gasteiger partial charge < -0.3 is 18.9 Å². The maximum atomic E-state index is 13.0. The van der Waals surface area contributed by atoms with Gasteiger partial charge in [0.2, 0.25) is 11.9 Å². The zero-order valence-electron chi connectivity index (χ0n) is 41.1. The summed E-state index contributed by atoms with van der Waals surface area (Å²) in [6.07, 6.45) is 5.38. The first-order chi connectivity index (χ1) is 32.2. The Hall–Kier alpha value is -7.37. The summed E-state index contributed by atoms with van der Waals surface area (Å²) in [6.45, 7) is 21.1. The molecule has 360 valence electrons. The van der Waals surface area contributed by atoms with Crippen LogP contribution in [0, 0.1) is 27.8 Å². The van der Waals surface area contributed by atoms with Crippen molar-refractivity contribution in [3.63, 3.8) is 0 Å². The number of carbonyl (C=O) groups is 4. The van der Waals surface area contributed by atoms with Gasteiger partial charge in [-0.2, -0.15) is 0 Å². The Morgan fingerprint density at radius 3 is 1.16 bits per heavy atom. The maximum absolute atomic E-state index is 13.0. The largest absolute Gasteiger partial charge is 0.444 e. The third-order valence-corrected chi connectivity index (χ3v) is 9.01. The summed E-state index contributed by atoms with van der Waals surface area (Å²) < 4.78 is 25.1. The highest BCUT2D eigenvalue weighted by Gasteiger charge is 2.28. The summed E-state index contributed by atoms with van der Waals surface area (Å²) in [5, 5.41) is 5.06. The van der Waals surface area contributed by atoms with Gasteiger partial charge in [-0.25, -0.2) is 38.3 Å². The quantitative estimate of drug-likeness (QED) is 0.0986. The highest BCUT2D eigenvalue weighted by atomic mass is 127. The molecule has 2 heterocycles. The van der Waals surface area contributed by atoms with Crippen LogP contribution in [0.1, 0.15) is 99.8 Å². The predicted octanol–water partition coefficient (Wildman–Crippen LogP) is 13.0. The highest BCUT2D eigenvalue weighted by Crippen LogP contribution is 2.28. The lowest BCUT2D eigenvalue weighted by atomic mass is 10.1. The number of carbonyl (C=O) groups excluding carboxylic acids is 4. The van der Waals surface area contributed by atoms with Crippen molar-refractivity contribution in [1.29, 1.82) is 0 Å². The number of ether oxygens (including phenoxy) is 4. The van der Waals surface area contributed by atoms with Crippen molar-refractivity contribution < 1.29 is 38.1 Å². The minimum Gasteiger partial charge on any atom is -0.444 e. The second-order valence-electron chi connectivity index (χ2n) is 19.0. The van der Waals surface area contributed by atoms with Crippen LogP contribution in [0.3, 0.4) is 0 Å². The average Bonchev–Trinajstić information content (AvgIpc) is 3.86. The normalized spacial score (nSPS) is 11.1. The van der Waals surface area contributed by atoms with Gasteiger partial charge in [0, 0.05) is 31.4 Å². The fourth-order valence-electron chi connectivity index (χ4n) is 5.61. The molecule has 0 radical (unpaired) electrons. The Morgan fingerprint density at radius 2 is 0.826 bits per heavy atom. The molecule has 4 aromatic carbocycles. The van der Waals surface area contributed by atoms with Gasteiger partial charge in [0.25, 0.3) is 0 Å². The van der Waals surface area contributed by atoms with Crippen molar-refractivity contribution in [2.24, 2.45) is 0 Å². The molecule has 2 aromatic heterocycles. The molecule has 6 rings (SSSR count). The van der Waals surface area contributed by atoms with Crippen molar-refractivity contribution in [3.05, 3.63) is 142 Å². The molecule has 2 N–H and O–H groups in total. The molecule has 2 amide bonds. The molecule has 0 fully saturated rings. The van der Waals surface area contributed by atoms with Crippen molar-refractivity contribution in [3.8, 4) is 46.7 Å². The Bertz CT molecular complexity index is 2790. The van der Waals surface area contributed by atoms with Gasteiger partial charge in [0.15, 0.2) is 0 Å². The van der Waals surface area contributed by atoms with Crippen LogP contribution in [0.4, 0.5) is 31.1 Å². The first kappa shape index (κ1) is 54.2. The van der Waals surface area contributed by atoms with Crippen molar-refractivity contribution in [1.82, 2.24) is 19.1 Å². The molecule has 14 nitrogen and oxygen atoms in total. The molecular formula is C54H59IN6O8. The van der Waals surface area contributed by atoms with E-state index in [1.54, 1.807) is 83.1 Å². The first-order valence-corrected chi connectivity index (χ1v) is 22.9. The number of terminal acetylenes is 1. The van der Waals surface area contributed by atoms with Crippen LogP contribution >= 0.6 is 22.6 Å². The van der Waals surface area contributed by atoms with E-state index < -0.39 is 46.8 Å². The zero-order valence-corrected chi connectivity index (χ0v) is 43.2. The van der Waals surface area contributed by atoms with E-state index in [2.05, 4.69) is 61.0 Å². The Labute approximate surface area is 418 Å². The minimum absolute atomic E-state index is 0.00597. The van der Waals surface area contributed by atoms with Gasteiger partial charge >= 0.3 is 24.4 Å². The van der Waals surface area contributed by atoms with E-state index in [-0.39, 0.29) is 11.9 Å². The number of rotatable bonds is 4. The topological polar surface area (TPSA) is 165 Å². The van der Waals surface area contributed by atoms with Crippen LogP contribution in [0.15, 0.2) is 122 Å². The van der Waals surface area contributed by atoms with E-state index in [4.69, 9.17) is 25.4 Å². The fourth-order valence-corrected chi connectivity index (χ4v) is 5.97. The number of imidazole rings is 2. The van der Waals surface area contributed by atoms with Crippen LogP contribution in [-0.2, 0) is 18.9 Å². The van der Waals surface area contributed by atoms with Crippen LogP contribution in [0.5, 0.6) is 0 Å². The number of hydrogen-bond acceptors (Lipinski definition) is 10. The van der Waals surface area contributed by atoms with E-state index in [9.17, 15) is 19.2 Å². The summed E-state index contributed by atoms with van der Waals surface area (Å²) in [7, 11) is 0. The fraction of sp³-hybridized carbons (Fsp3) is 0.296. The molecule has 6 aromatic rings. The van der Waals surface area contributed by atoms with Gasteiger partial charge in [0.1, 0.15) is 22.4 Å². The van der Waals surface area contributed by atoms with Crippen molar-refractivity contribution in [2.75, 3.05) is 10.6 Å². The predicted molar refractivity (Wildman–Crippen MR) is 278 cm³/mol. The summed E-state index contributed by atoms with van der Waals surface area (Å²) in [4.78, 5) is 58.7. The highest BCUT2D eigenvalue weighted by molar-refractivity contribution is 14.1. The molecule has 0 atom stereocenters. The standard InChI is InChI=1S/C27H29N3O4.C19H24IN3O4.C8H6/c1-26(2,3)33-24(31)29-23-28-18-22(30(23)25(32)34-27(4,5)6)21-16-14-20(15-17-21)13-12-19-10-8-7-9-11-19;1-18(2,3)26-16(24)22-15-21-11-14(12-7-9-13(20)10-8-12)23(15)17(25)27-19(4,5)6;1-2-8-6-4-3-5-7-8/h7-11,14-18H,1-6H3,(H,28,29,31);7-11H,1-6H3,(H,21,22,24);1,3-7H. The lowest BCUT2D eigenvalue weighted by Crippen LogP contribution is -2.31. The van der Waals surface area contributed by atoms with Gasteiger partial charge in [-0.05, 0) is 154 Å². The third-order valence-electron chi connectivity index (χ3n) is 8.29. The number of nitrogens with one attached hydrogen (secondary N) is 2. The number of anilines is 2.